The first-order valence-corrected chi connectivity index (χ1v) is 10.3. The summed E-state index contributed by atoms with van der Waals surface area (Å²) >= 11 is 0. The molecule has 1 spiro atoms. The van der Waals surface area contributed by atoms with Crippen LogP contribution in [0.25, 0.3) is 0 Å². The van der Waals surface area contributed by atoms with Gasteiger partial charge in [0.2, 0.25) is 0 Å². The van der Waals surface area contributed by atoms with Crippen molar-refractivity contribution in [3.05, 3.63) is 45.5 Å². The van der Waals surface area contributed by atoms with Crippen LogP contribution in [0.1, 0.15) is 61.3 Å². The molecule has 27 heavy (non-hydrogen) atoms. The summed E-state index contributed by atoms with van der Waals surface area (Å²) in [7, 11) is 0. The monoisotopic (exact) mass is 364 g/mol. The molecule has 2 saturated carbocycles. The Kier molecular flexibility index (Phi) is 3.48. The molecular formula is C24H28O3. The van der Waals surface area contributed by atoms with Crippen molar-refractivity contribution in [2.24, 2.45) is 17.8 Å². The third-order valence-corrected chi connectivity index (χ3v) is 7.71. The highest BCUT2D eigenvalue weighted by Crippen LogP contribution is 2.64. The summed E-state index contributed by atoms with van der Waals surface area (Å²) in [6.07, 6.45) is 2.88. The minimum absolute atomic E-state index is 0.0959. The summed E-state index contributed by atoms with van der Waals surface area (Å²) in [5, 5.41) is 0. The molecule has 6 atom stereocenters. The first-order chi connectivity index (χ1) is 12.8. The average molecular weight is 364 g/mol. The minimum atomic E-state index is -0.603. The van der Waals surface area contributed by atoms with Gasteiger partial charge in [-0.15, -0.1) is 0 Å². The highest BCUT2D eigenvalue weighted by atomic mass is 16.5. The van der Waals surface area contributed by atoms with Crippen LogP contribution in [0.15, 0.2) is 23.3 Å². The Morgan fingerprint density at radius 1 is 1.04 bits per heavy atom. The molecule has 2 heterocycles. The molecule has 0 N–H and O–H groups in total. The zero-order valence-corrected chi connectivity index (χ0v) is 16.9. The lowest BCUT2D eigenvalue weighted by molar-refractivity contribution is -0.130. The second-order valence-electron chi connectivity index (χ2n) is 9.49. The largest absolute Gasteiger partial charge is 0.361 e. The number of ketones is 2. The van der Waals surface area contributed by atoms with E-state index in [9.17, 15) is 9.59 Å². The Morgan fingerprint density at radius 3 is 2.37 bits per heavy atom. The summed E-state index contributed by atoms with van der Waals surface area (Å²) < 4.78 is 6.50. The fourth-order valence-electron chi connectivity index (χ4n) is 6.84. The van der Waals surface area contributed by atoms with Crippen molar-refractivity contribution in [1.29, 1.82) is 0 Å². The van der Waals surface area contributed by atoms with E-state index in [2.05, 4.69) is 32.9 Å². The Hall–Kier alpha value is -1.74. The van der Waals surface area contributed by atoms with Crippen LogP contribution in [0.2, 0.25) is 0 Å². The van der Waals surface area contributed by atoms with Gasteiger partial charge in [0.25, 0.3) is 0 Å². The number of hydrogen-bond donors (Lipinski definition) is 0. The Labute approximate surface area is 161 Å². The van der Waals surface area contributed by atoms with E-state index in [0.717, 1.165) is 36.0 Å². The van der Waals surface area contributed by atoms with E-state index in [-0.39, 0.29) is 29.5 Å². The van der Waals surface area contributed by atoms with Gasteiger partial charge in [0.15, 0.2) is 11.6 Å². The van der Waals surface area contributed by atoms with Crippen LogP contribution in [0, 0.1) is 38.5 Å². The van der Waals surface area contributed by atoms with Crippen LogP contribution in [0.3, 0.4) is 0 Å². The van der Waals surface area contributed by atoms with E-state index >= 15 is 0 Å². The first kappa shape index (κ1) is 17.4. The summed E-state index contributed by atoms with van der Waals surface area (Å²) in [5.74, 6) is -0.421. The van der Waals surface area contributed by atoms with E-state index in [4.69, 9.17) is 4.74 Å². The molecule has 1 aromatic carbocycles. The Balaban J connectivity index is 1.64. The summed E-state index contributed by atoms with van der Waals surface area (Å²) in [5.41, 5.74) is 6.33. The van der Waals surface area contributed by atoms with Gasteiger partial charge < -0.3 is 4.74 Å². The lowest BCUT2D eigenvalue weighted by atomic mass is 9.62. The topological polar surface area (TPSA) is 43.4 Å². The number of aryl methyl sites for hydroxylation is 3. The number of ether oxygens (including phenoxy) is 1. The zero-order valence-electron chi connectivity index (χ0n) is 16.9. The van der Waals surface area contributed by atoms with Crippen molar-refractivity contribution in [3.8, 4) is 0 Å². The highest BCUT2D eigenvalue weighted by molar-refractivity contribution is 6.18. The molecule has 0 aromatic heterocycles. The van der Waals surface area contributed by atoms with E-state index in [1.807, 2.05) is 13.8 Å². The van der Waals surface area contributed by atoms with Gasteiger partial charge in [0, 0.05) is 0 Å². The second kappa shape index (κ2) is 5.41. The Morgan fingerprint density at radius 2 is 1.70 bits per heavy atom. The van der Waals surface area contributed by atoms with Crippen molar-refractivity contribution < 1.29 is 14.3 Å². The normalized spacial score (nSPS) is 40.0. The van der Waals surface area contributed by atoms with Crippen molar-refractivity contribution in [1.82, 2.24) is 0 Å². The van der Waals surface area contributed by atoms with E-state index < -0.39 is 11.5 Å². The predicted molar refractivity (Wildman–Crippen MR) is 104 cm³/mol. The molecule has 2 aliphatic heterocycles. The van der Waals surface area contributed by atoms with Crippen LogP contribution >= 0.6 is 0 Å². The molecule has 2 aliphatic carbocycles. The van der Waals surface area contributed by atoms with Crippen LogP contribution in [0.4, 0.5) is 0 Å². The molecule has 1 saturated heterocycles. The van der Waals surface area contributed by atoms with E-state index in [0.29, 0.717) is 5.92 Å². The van der Waals surface area contributed by atoms with Gasteiger partial charge in [-0.05, 0) is 80.7 Å². The predicted octanol–water partition coefficient (Wildman–Crippen LogP) is 4.37. The average Bonchev–Trinajstić information content (AvgIpc) is 3.14. The first-order valence-electron chi connectivity index (χ1n) is 10.3. The molecule has 5 rings (SSSR count). The molecule has 4 unspecified atom stereocenters. The van der Waals surface area contributed by atoms with Gasteiger partial charge in [-0.1, -0.05) is 24.6 Å². The van der Waals surface area contributed by atoms with Crippen LogP contribution in [-0.4, -0.2) is 23.3 Å². The van der Waals surface area contributed by atoms with E-state index in [1.54, 1.807) is 0 Å². The summed E-state index contributed by atoms with van der Waals surface area (Å²) in [6, 6.07) is 4.19. The second-order valence-corrected chi connectivity index (χ2v) is 9.49. The van der Waals surface area contributed by atoms with Crippen molar-refractivity contribution in [3.63, 3.8) is 0 Å². The van der Waals surface area contributed by atoms with Crippen molar-refractivity contribution >= 4 is 11.6 Å². The van der Waals surface area contributed by atoms with Gasteiger partial charge in [-0.3, -0.25) is 9.59 Å². The molecule has 3 nitrogen and oxygen atoms in total. The lowest BCUT2D eigenvalue weighted by Gasteiger charge is -2.41. The van der Waals surface area contributed by atoms with Gasteiger partial charge >= 0.3 is 0 Å². The quantitative estimate of drug-likeness (QED) is 0.549. The Bertz CT molecular complexity index is 901. The number of rotatable bonds is 1. The van der Waals surface area contributed by atoms with E-state index in [1.165, 1.54) is 16.7 Å². The van der Waals surface area contributed by atoms with Crippen LogP contribution in [0.5, 0.6) is 0 Å². The molecule has 4 aliphatic rings. The molecular weight excluding hydrogens is 336 g/mol. The molecule has 3 heteroatoms. The molecule has 1 aromatic rings. The number of carbonyl (C=O) groups excluding carboxylic acids is 2. The van der Waals surface area contributed by atoms with Gasteiger partial charge in [-0.25, -0.2) is 0 Å². The number of fused-ring (bicyclic) bond motifs is 3. The summed E-state index contributed by atoms with van der Waals surface area (Å²) in [4.78, 5) is 27.3. The van der Waals surface area contributed by atoms with Gasteiger partial charge in [0.1, 0.15) is 11.5 Å². The van der Waals surface area contributed by atoms with Crippen molar-refractivity contribution in [2.75, 3.05) is 0 Å². The molecule has 0 radical (unpaired) electrons. The molecule has 142 valence electrons. The van der Waals surface area contributed by atoms with Crippen LogP contribution < -0.4 is 0 Å². The molecule has 3 fully saturated rings. The molecule has 0 amide bonds. The summed E-state index contributed by atoms with van der Waals surface area (Å²) in [6.45, 7) is 10.5. The fourth-order valence-corrected chi connectivity index (χ4v) is 6.84. The maximum Gasteiger partial charge on any atom is 0.154 e. The van der Waals surface area contributed by atoms with Gasteiger partial charge in [-0.2, -0.15) is 0 Å². The van der Waals surface area contributed by atoms with Crippen molar-refractivity contribution in [2.45, 2.75) is 71.5 Å². The standard InChI is InChI=1S/C24H28O3/c1-11-6-7-16-15(5)23-19-20(24(16,10-11)27-23)22(26)18(21(19)25)17-13(3)8-12(2)9-14(17)4/h8-9,11,18-20,23H,6-7,10H2,1-5H3/t11?,18?,19?,20?,23-,24+/m0/s1. The maximum atomic E-state index is 13.7. The minimum Gasteiger partial charge on any atom is -0.361 e. The smallest absolute Gasteiger partial charge is 0.154 e. The maximum absolute atomic E-state index is 13.7. The number of Topliss-reactive ketones (excluding diaryl/α,β-unsaturated/α-hetero) is 2. The zero-order chi connectivity index (χ0) is 19.2. The number of hydrogen-bond acceptors (Lipinski definition) is 3. The molecule has 2 bridgehead atoms. The lowest BCUT2D eigenvalue weighted by Crippen LogP contribution is -2.45. The third kappa shape index (κ3) is 2.01. The SMILES string of the molecule is CC1=C2CCC(C)C[C@@]23O[C@@H]1C1C(=O)C(c2c(C)cc(C)cc2C)C(=O)C13. The highest BCUT2D eigenvalue weighted by Gasteiger charge is 2.72. The third-order valence-electron chi connectivity index (χ3n) is 7.71. The fraction of sp³-hybridized carbons (Fsp3) is 0.583. The number of carbonyl (C=O) groups is 2. The number of benzene rings is 1. The van der Waals surface area contributed by atoms with Gasteiger partial charge in [0.05, 0.1) is 17.9 Å². The van der Waals surface area contributed by atoms with Crippen LogP contribution in [-0.2, 0) is 14.3 Å².